The van der Waals surface area contributed by atoms with Gasteiger partial charge >= 0.3 is 5.97 Å². The SMILES string of the molecule is CC(=O)NC(C(=O)Oc1ccc(N2CCCC2=O)cc1)C(C)C. The van der Waals surface area contributed by atoms with E-state index < -0.39 is 12.0 Å². The molecular formula is C17H22N2O4. The molecule has 23 heavy (non-hydrogen) atoms. The fraction of sp³-hybridized carbons (Fsp3) is 0.471. The first kappa shape index (κ1) is 17.0. The van der Waals surface area contributed by atoms with Gasteiger partial charge in [-0.1, -0.05) is 13.8 Å². The van der Waals surface area contributed by atoms with Crippen molar-refractivity contribution in [2.24, 2.45) is 5.92 Å². The largest absolute Gasteiger partial charge is 0.425 e. The van der Waals surface area contributed by atoms with Crippen molar-refractivity contribution >= 4 is 23.5 Å². The average Bonchev–Trinajstić information content (AvgIpc) is 2.91. The summed E-state index contributed by atoms with van der Waals surface area (Å²) in [6.07, 6.45) is 1.44. The van der Waals surface area contributed by atoms with Crippen molar-refractivity contribution in [3.63, 3.8) is 0 Å². The fourth-order valence-corrected chi connectivity index (χ4v) is 2.51. The zero-order chi connectivity index (χ0) is 17.0. The Morgan fingerprint density at radius 3 is 2.35 bits per heavy atom. The predicted molar refractivity (Wildman–Crippen MR) is 86.1 cm³/mol. The van der Waals surface area contributed by atoms with Crippen LogP contribution in [0.4, 0.5) is 5.69 Å². The average molecular weight is 318 g/mol. The Kier molecular flexibility index (Phi) is 5.36. The van der Waals surface area contributed by atoms with Crippen LogP contribution in [0.3, 0.4) is 0 Å². The third-order valence-electron chi connectivity index (χ3n) is 3.72. The molecule has 6 heteroatoms. The van der Waals surface area contributed by atoms with Crippen molar-refractivity contribution in [3.8, 4) is 5.75 Å². The molecule has 1 saturated heterocycles. The second-order valence-corrected chi connectivity index (χ2v) is 5.99. The maximum absolute atomic E-state index is 12.2. The molecule has 0 saturated carbocycles. The van der Waals surface area contributed by atoms with Gasteiger partial charge in [-0.05, 0) is 36.6 Å². The number of carbonyl (C=O) groups is 3. The molecule has 1 N–H and O–H groups in total. The molecule has 6 nitrogen and oxygen atoms in total. The molecular weight excluding hydrogens is 296 g/mol. The lowest BCUT2D eigenvalue weighted by molar-refractivity contribution is -0.140. The summed E-state index contributed by atoms with van der Waals surface area (Å²) in [6, 6.07) is 6.14. The summed E-state index contributed by atoms with van der Waals surface area (Å²) in [5, 5.41) is 2.59. The number of anilines is 1. The molecule has 1 aromatic rings. The maximum Gasteiger partial charge on any atom is 0.334 e. The van der Waals surface area contributed by atoms with Crippen LogP contribution in [0.25, 0.3) is 0 Å². The zero-order valence-electron chi connectivity index (χ0n) is 13.7. The fourth-order valence-electron chi connectivity index (χ4n) is 2.51. The molecule has 1 aliphatic heterocycles. The number of carbonyl (C=O) groups excluding carboxylic acids is 3. The van der Waals surface area contributed by atoms with Crippen molar-refractivity contribution in [2.45, 2.75) is 39.7 Å². The van der Waals surface area contributed by atoms with Crippen LogP contribution in [0.5, 0.6) is 5.75 Å². The smallest absolute Gasteiger partial charge is 0.334 e. The molecule has 1 aliphatic rings. The van der Waals surface area contributed by atoms with Crippen LogP contribution in [0.2, 0.25) is 0 Å². The molecule has 1 unspecified atom stereocenters. The van der Waals surface area contributed by atoms with Gasteiger partial charge in [-0.15, -0.1) is 0 Å². The third-order valence-corrected chi connectivity index (χ3v) is 3.72. The number of rotatable bonds is 5. The van der Waals surface area contributed by atoms with Crippen LogP contribution in [-0.4, -0.2) is 30.4 Å². The molecule has 1 heterocycles. The van der Waals surface area contributed by atoms with Crippen molar-refractivity contribution in [2.75, 3.05) is 11.4 Å². The molecule has 1 fully saturated rings. The van der Waals surface area contributed by atoms with Crippen molar-refractivity contribution in [3.05, 3.63) is 24.3 Å². The summed E-state index contributed by atoms with van der Waals surface area (Å²) in [5.74, 6) is -0.349. The number of ether oxygens (including phenoxy) is 1. The van der Waals surface area contributed by atoms with E-state index in [1.54, 1.807) is 29.2 Å². The second kappa shape index (κ2) is 7.26. The molecule has 0 spiro atoms. The van der Waals surface area contributed by atoms with Gasteiger partial charge in [-0.2, -0.15) is 0 Å². The molecule has 1 aromatic carbocycles. The van der Waals surface area contributed by atoms with E-state index in [4.69, 9.17) is 4.74 Å². The van der Waals surface area contributed by atoms with E-state index in [0.717, 1.165) is 18.7 Å². The lowest BCUT2D eigenvalue weighted by Gasteiger charge is -2.20. The Hall–Kier alpha value is -2.37. The van der Waals surface area contributed by atoms with Crippen LogP contribution in [0, 0.1) is 5.92 Å². The molecule has 124 valence electrons. The van der Waals surface area contributed by atoms with Crippen LogP contribution in [0.15, 0.2) is 24.3 Å². The van der Waals surface area contributed by atoms with Crippen molar-refractivity contribution < 1.29 is 19.1 Å². The van der Waals surface area contributed by atoms with Gasteiger partial charge in [0.2, 0.25) is 11.8 Å². The molecule has 0 radical (unpaired) electrons. The van der Waals surface area contributed by atoms with E-state index in [0.29, 0.717) is 12.2 Å². The molecule has 2 rings (SSSR count). The second-order valence-electron chi connectivity index (χ2n) is 5.99. The molecule has 1 atom stereocenters. The van der Waals surface area contributed by atoms with Gasteiger partial charge in [0.15, 0.2) is 0 Å². The monoisotopic (exact) mass is 318 g/mol. The minimum absolute atomic E-state index is 0.0760. The lowest BCUT2D eigenvalue weighted by Crippen LogP contribution is -2.45. The lowest BCUT2D eigenvalue weighted by atomic mass is 10.0. The Balaban J connectivity index is 2.03. The summed E-state index contributed by atoms with van der Waals surface area (Å²) >= 11 is 0. The van der Waals surface area contributed by atoms with E-state index in [1.165, 1.54) is 6.92 Å². The van der Waals surface area contributed by atoms with Gasteiger partial charge in [0.25, 0.3) is 0 Å². The first-order valence-electron chi connectivity index (χ1n) is 7.77. The highest BCUT2D eigenvalue weighted by Crippen LogP contribution is 2.24. The highest BCUT2D eigenvalue weighted by molar-refractivity contribution is 5.95. The van der Waals surface area contributed by atoms with Gasteiger partial charge in [0.1, 0.15) is 11.8 Å². The minimum Gasteiger partial charge on any atom is -0.425 e. The molecule has 0 bridgehead atoms. The Morgan fingerprint density at radius 2 is 1.87 bits per heavy atom. The number of hydrogen-bond donors (Lipinski definition) is 1. The normalized spacial score (nSPS) is 15.7. The van der Waals surface area contributed by atoms with E-state index in [2.05, 4.69) is 5.32 Å². The number of nitrogens with one attached hydrogen (secondary N) is 1. The summed E-state index contributed by atoms with van der Waals surface area (Å²) in [7, 11) is 0. The maximum atomic E-state index is 12.2. The van der Waals surface area contributed by atoms with Gasteiger partial charge in [0, 0.05) is 25.6 Å². The summed E-state index contributed by atoms with van der Waals surface area (Å²) in [4.78, 5) is 36.8. The third kappa shape index (κ3) is 4.31. The van der Waals surface area contributed by atoms with Crippen molar-refractivity contribution in [1.82, 2.24) is 5.32 Å². The summed E-state index contributed by atoms with van der Waals surface area (Å²) in [5.41, 5.74) is 0.801. The van der Waals surface area contributed by atoms with Gasteiger partial charge < -0.3 is 15.0 Å². The quantitative estimate of drug-likeness (QED) is 0.664. The Labute approximate surface area is 135 Å². The molecule has 0 aliphatic carbocycles. The van der Waals surface area contributed by atoms with Crippen molar-refractivity contribution in [1.29, 1.82) is 0 Å². The first-order valence-corrected chi connectivity index (χ1v) is 7.77. The number of nitrogens with zero attached hydrogens (tertiary/aromatic N) is 1. The van der Waals surface area contributed by atoms with E-state index in [1.807, 2.05) is 13.8 Å². The van der Waals surface area contributed by atoms with Gasteiger partial charge in [0.05, 0.1) is 0 Å². The highest BCUT2D eigenvalue weighted by Gasteiger charge is 2.25. The molecule has 0 aromatic heterocycles. The van der Waals surface area contributed by atoms with Crippen LogP contribution in [-0.2, 0) is 14.4 Å². The van der Waals surface area contributed by atoms with Gasteiger partial charge in [-0.25, -0.2) is 4.79 Å². The summed E-state index contributed by atoms with van der Waals surface area (Å²) < 4.78 is 5.33. The Bertz CT molecular complexity index is 595. The van der Waals surface area contributed by atoms with Crippen LogP contribution >= 0.6 is 0 Å². The topological polar surface area (TPSA) is 75.7 Å². The predicted octanol–water partition coefficient (Wildman–Crippen LogP) is 1.88. The Morgan fingerprint density at radius 1 is 1.22 bits per heavy atom. The number of esters is 1. The first-order chi connectivity index (χ1) is 10.9. The van der Waals surface area contributed by atoms with E-state index in [-0.39, 0.29) is 17.7 Å². The van der Waals surface area contributed by atoms with Crippen LogP contribution < -0.4 is 15.0 Å². The summed E-state index contributed by atoms with van der Waals surface area (Å²) in [6.45, 7) is 5.76. The van der Waals surface area contributed by atoms with E-state index in [9.17, 15) is 14.4 Å². The number of amides is 2. The standard InChI is InChI=1S/C17H22N2O4/c1-11(2)16(18-12(3)20)17(22)23-14-8-6-13(7-9-14)19-10-4-5-15(19)21/h6-9,11,16H,4-5,10H2,1-3H3,(H,18,20). The van der Waals surface area contributed by atoms with E-state index >= 15 is 0 Å². The molecule has 2 amide bonds. The number of hydrogen-bond acceptors (Lipinski definition) is 4. The number of benzene rings is 1. The van der Waals surface area contributed by atoms with Crippen LogP contribution in [0.1, 0.15) is 33.6 Å². The van der Waals surface area contributed by atoms with Gasteiger partial charge in [-0.3, -0.25) is 9.59 Å². The zero-order valence-corrected chi connectivity index (χ0v) is 13.7. The highest BCUT2D eigenvalue weighted by atomic mass is 16.5. The minimum atomic E-state index is -0.688.